The van der Waals surface area contributed by atoms with Crippen LogP contribution in [0.2, 0.25) is 0 Å². The molecule has 0 aliphatic heterocycles. The number of rotatable bonds is 16. The zero-order valence-electron chi connectivity index (χ0n) is 17.1. The monoisotopic (exact) mass is 343 g/mol. The van der Waals surface area contributed by atoms with Crippen LogP contribution in [0.4, 0.5) is 0 Å². The molecule has 0 aliphatic carbocycles. The number of hydrogen-bond acceptors (Lipinski definition) is 3. The molecule has 146 valence electrons. The Bertz CT molecular complexity index is 244. The third-order valence-electron chi connectivity index (χ3n) is 4.22. The number of carbonyl (C=O) groups excluding carboxylic acids is 1. The highest BCUT2D eigenvalue weighted by Crippen LogP contribution is 2.14. The molecule has 0 saturated carbocycles. The van der Waals surface area contributed by atoms with Crippen LogP contribution in [0.15, 0.2) is 0 Å². The van der Waals surface area contributed by atoms with E-state index >= 15 is 0 Å². The molecule has 0 heterocycles. The minimum absolute atomic E-state index is 0.00309. The Hall–Kier alpha value is -0.570. The maximum atomic E-state index is 11.8. The molecular formula is C21H45NO2. The van der Waals surface area contributed by atoms with E-state index in [9.17, 15) is 4.79 Å². The van der Waals surface area contributed by atoms with Crippen LogP contribution >= 0.6 is 0 Å². The zero-order chi connectivity index (χ0) is 18.5. The fourth-order valence-corrected chi connectivity index (χ4v) is 2.69. The predicted molar refractivity (Wildman–Crippen MR) is 106 cm³/mol. The largest absolute Gasteiger partial charge is 0.462 e. The third kappa shape index (κ3) is 19.5. The fourth-order valence-electron chi connectivity index (χ4n) is 2.69. The summed E-state index contributed by atoms with van der Waals surface area (Å²) in [5, 5.41) is 0. The molecule has 0 saturated heterocycles. The molecule has 0 aromatic rings. The van der Waals surface area contributed by atoms with Gasteiger partial charge in [0.2, 0.25) is 0 Å². The van der Waals surface area contributed by atoms with E-state index in [2.05, 4.69) is 13.8 Å². The average molecular weight is 344 g/mol. The summed E-state index contributed by atoms with van der Waals surface area (Å²) in [5.41, 5.74) is 5.46. The summed E-state index contributed by atoms with van der Waals surface area (Å²) in [5.74, 6) is -0.00309. The highest BCUT2D eigenvalue weighted by atomic mass is 16.5. The van der Waals surface area contributed by atoms with Gasteiger partial charge in [-0.15, -0.1) is 0 Å². The van der Waals surface area contributed by atoms with Gasteiger partial charge in [0.25, 0.3) is 0 Å². The van der Waals surface area contributed by atoms with Crippen molar-refractivity contribution in [2.24, 2.45) is 5.73 Å². The number of esters is 1. The van der Waals surface area contributed by atoms with Crippen LogP contribution < -0.4 is 5.73 Å². The Kier molecular flexibility index (Phi) is 24.0. The molecule has 0 aromatic heterocycles. The van der Waals surface area contributed by atoms with E-state index in [4.69, 9.17) is 10.5 Å². The molecule has 0 fully saturated rings. The zero-order valence-corrected chi connectivity index (χ0v) is 17.1. The van der Waals surface area contributed by atoms with Gasteiger partial charge in [-0.2, -0.15) is 0 Å². The molecule has 24 heavy (non-hydrogen) atoms. The molecule has 2 N–H and O–H groups in total. The van der Waals surface area contributed by atoms with Crippen LogP contribution in [-0.2, 0) is 9.53 Å². The number of hydrogen-bond donors (Lipinski definition) is 1. The van der Waals surface area contributed by atoms with E-state index in [0.29, 0.717) is 6.42 Å². The Labute approximate surface area is 152 Å². The van der Waals surface area contributed by atoms with Gasteiger partial charge in [-0.3, -0.25) is 4.79 Å². The number of unbranched alkanes of at least 4 members (excludes halogenated alkanes) is 9. The van der Waals surface area contributed by atoms with Gasteiger partial charge in [-0.05, 0) is 38.6 Å². The molecule has 1 atom stereocenters. The first kappa shape index (κ1) is 25.7. The predicted octanol–water partition coefficient (Wildman–Crippen LogP) is 6.38. The summed E-state index contributed by atoms with van der Waals surface area (Å²) in [6, 6.07) is 0. The minimum atomic E-state index is -0.00309. The highest BCUT2D eigenvalue weighted by molar-refractivity contribution is 5.69. The Morgan fingerprint density at radius 1 is 0.833 bits per heavy atom. The number of nitrogens with two attached hydrogens (primary N) is 1. The van der Waals surface area contributed by atoms with Gasteiger partial charge in [0, 0.05) is 6.42 Å². The average Bonchev–Trinajstić information content (AvgIpc) is 2.61. The SMILES string of the molecule is CC.CCCCCCCCC(CC)OC(=O)CCCCCCCN. The lowest BCUT2D eigenvalue weighted by molar-refractivity contribution is -0.149. The van der Waals surface area contributed by atoms with Crippen molar-refractivity contribution in [1.29, 1.82) is 0 Å². The van der Waals surface area contributed by atoms with Crippen molar-refractivity contribution in [2.75, 3.05) is 6.54 Å². The van der Waals surface area contributed by atoms with E-state index in [0.717, 1.165) is 38.6 Å². The first-order valence-electron chi connectivity index (χ1n) is 10.6. The van der Waals surface area contributed by atoms with Crippen molar-refractivity contribution >= 4 is 5.97 Å². The maximum Gasteiger partial charge on any atom is 0.306 e. The quantitative estimate of drug-likeness (QED) is 0.261. The lowest BCUT2D eigenvalue weighted by Crippen LogP contribution is -2.17. The Balaban J connectivity index is 0. The van der Waals surface area contributed by atoms with E-state index in [1.807, 2.05) is 13.8 Å². The molecule has 0 spiro atoms. The summed E-state index contributed by atoms with van der Waals surface area (Å²) in [7, 11) is 0. The maximum absolute atomic E-state index is 11.8. The lowest BCUT2D eigenvalue weighted by Gasteiger charge is -2.16. The number of ether oxygens (including phenoxy) is 1. The second-order valence-electron chi connectivity index (χ2n) is 6.38. The van der Waals surface area contributed by atoms with E-state index in [-0.39, 0.29) is 12.1 Å². The second kappa shape index (κ2) is 22.4. The van der Waals surface area contributed by atoms with Crippen molar-refractivity contribution in [1.82, 2.24) is 0 Å². The second-order valence-corrected chi connectivity index (χ2v) is 6.38. The molecule has 0 rings (SSSR count). The van der Waals surface area contributed by atoms with Crippen molar-refractivity contribution in [2.45, 2.75) is 124 Å². The summed E-state index contributed by atoms with van der Waals surface area (Å²) >= 11 is 0. The van der Waals surface area contributed by atoms with E-state index in [1.165, 1.54) is 51.4 Å². The topological polar surface area (TPSA) is 52.3 Å². The van der Waals surface area contributed by atoms with Gasteiger partial charge in [-0.1, -0.05) is 79.1 Å². The number of carbonyl (C=O) groups is 1. The van der Waals surface area contributed by atoms with Gasteiger partial charge >= 0.3 is 5.97 Å². The van der Waals surface area contributed by atoms with Crippen LogP contribution in [0.25, 0.3) is 0 Å². The minimum Gasteiger partial charge on any atom is -0.462 e. The first-order valence-corrected chi connectivity index (χ1v) is 10.6. The molecule has 0 aromatic carbocycles. The summed E-state index contributed by atoms with van der Waals surface area (Å²) in [6.45, 7) is 9.13. The highest BCUT2D eigenvalue weighted by Gasteiger charge is 2.11. The molecule has 1 unspecified atom stereocenters. The molecule has 3 heteroatoms. The molecule has 0 radical (unpaired) electrons. The summed E-state index contributed by atoms with van der Waals surface area (Å²) in [4.78, 5) is 11.8. The van der Waals surface area contributed by atoms with Crippen molar-refractivity contribution < 1.29 is 9.53 Å². The summed E-state index contributed by atoms with van der Waals surface area (Å²) in [6.07, 6.45) is 16.0. The van der Waals surface area contributed by atoms with Crippen molar-refractivity contribution in [3.63, 3.8) is 0 Å². The summed E-state index contributed by atoms with van der Waals surface area (Å²) < 4.78 is 5.60. The normalized spacial score (nSPS) is 11.5. The molecule has 0 amide bonds. The smallest absolute Gasteiger partial charge is 0.306 e. The van der Waals surface area contributed by atoms with E-state index < -0.39 is 0 Å². The van der Waals surface area contributed by atoms with Crippen molar-refractivity contribution in [3.05, 3.63) is 0 Å². The fraction of sp³-hybridized carbons (Fsp3) is 0.952. The first-order chi connectivity index (χ1) is 11.7. The van der Waals surface area contributed by atoms with Crippen molar-refractivity contribution in [3.8, 4) is 0 Å². The molecule has 3 nitrogen and oxygen atoms in total. The molecular weight excluding hydrogens is 298 g/mol. The Morgan fingerprint density at radius 3 is 1.96 bits per heavy atom. The standard InChI is InChI=1S/C19H39NO2.C2H6/c1-3-5-6-7-9-12-15-18(4-2)22-19(21)16-13-10-8-11-14-17-20;1-2/h18H,3-17,20H2,1-2H3;1-2H3. The van der Waals surface area contributed by atoms with E-state index in [1.54, 1.807) is 0 Å². The van der Waals surface area contributed by atoms with Gasteiger partial charge in [0.1, 0.15) is 6.10 Å². The van der Waals surface area contributed by atoms with Crippen LogP contribution in [-0.4, -0.2) is 18.6 Å². The van der Waals surface area contributed by atoms with Gasteiger partial charge < -0.3 is 10.5 Å². The molecule has 0 aliphatic rings. The van der Waals surface area contributed by atoms with Crippen LogP contribution in [0, 0.1) is 0 Å². The van der Waals surface area contributed by atoms with Crippen LogP contribution in [0.3, 0.4) is 0 Å². The third-order valence-corrected chi connectivity index (χ3v) is 4.22. The molecule has 0 bridgehead atoms. The lowest BCUT2D eigenvalue weighted by atomic mass is 10.1. The van der Waals surface area contributed by atoms with Gasteiger partial charge in [0.15, 0.2) is 0 Å². The van der Waals surface area contributed by atoms with Gasteiger partial charge in [-0.25, -0.2) is 0 Å². The Morgan fingerprint density at radius 2 is 1.38 bits per heavy atom. The van der Waals surface area contributed by atoms with Crippen LogP contribution in [0.5, 0.6) is 0 Å². The van der Waals surface area contributed by atoms with Gasteiger partial charge in [0.05, 0.1) is 0 Å². The van der Waals surface area contributed by atoms with Crippen LogP contribution in [0.1, 0.15) is 118 Å².